The lowest BCUT2D eigenvalue weighted by Gasteiger charge is -2.41. The Balaban J connectivity index is 2.19. The largest absolute Gasteiger partial charge is 0.496 e. The maximum atomic E-state index is 12.6. The molecule has 0 fully saturated rings. The SMILES string of the molecule is COc1cccc2c1C(CC(C)=O)(c1ccccc1)c1c(OC)cccc1O2. The molecule has 3 aromatic rings. The number of hydrogen-bond acceptors (Lipinski definition) is 4. The van der Waals surface area contributed by atoms with Gasteiger partial charge in [-0.15, -0.1) is 0 Å². The summed E-state index contributed by atoms with van der Waals surface area (Å²) in [6, 6.07) is 21.4. The van der Waals surface area contributed by atoms with E-state index in [1.807, 2.05) is 66.7 Å². The maximum absolute atomic E-state index is 12.6. The molecule has 0 saturated heterocycles. The van der Waals surface area contributed by atoms with Crippen molar-refractivity contribution in [2.75, 3.05) is 14.2 Å². The minimum atomic E-state index is -0.783. The van der Waals surface area contributed by atoms with Gasteiger partial charge in [-0.05, 0) is 36.8 Å². The van der Waals surface area contributed by atoms with Crippen molar-refractivity contribution >= 4 is 5.78 Å². The summed E-state index contributed by atoms with van der Waals surface area (Å²) in [6.45, 7) is 1.62. The molecule has 0 bridgehead atoms. The number of Topliss-reactive ketones (excluding diaryl/α,β-unsaturated/α-hetero) is 1. The zero-order chi connectivity index (χ0) is 19.7. The zero-order valence-electron chi connectivity index (χ0n) is 16.2. The first kappa shape index (κ1) is 18.1. The van der Waals surface area contributed by atoms with Gasteiger partial charge >= 0.3 is 0 Å². The molecule has 0 radical (unpaired) electrons. The predicted octanol–water partition coefficient (Wildman–Crippen LogP) is 5.12. The second-order valence-electron chi connectivity index (χ2n) is 6.92. The molecule has 0 aromatic heterocycles. The number of ketones is 1. The summed E-state index contributed by atoms with van der Waals surface area (Å²) in [4.78, 5) is 12.6. The summed E-state index contributed by atoms with van der Waals surface area (Å²) in [5, 5.41) is 0. The Kier molecular flexibility index (Phi) is 4.55. The molecular weight excluding hydrogens is 352 g/mol. The van der Waals surface area contributed by atoms with Crippen LogP contribution in [0.15, 0.2) is 66.7 Å². The highest BCUT2D eigenvalue weighted by atomic mass is 16.5. The highest BCUT2D eigenvalue weighted by Crippen LogP contribution is 2.58. The molecule has 4 nitrogen and oxygen atoms in total. The van der Waals surface area contributed by atoms with Gasteiger partial charge in [0.1, 0.15) is 28.8 Å². The third-order valence-electron chi connectivity index (χ3n) is 5.27. The van der Waals surface area contributed by atoms with Gasteiger partial charge in [-0.25, -0.2) is 0 Å². The Hall–Kier alpha value is -3.27. The molecule has 0 amide bonds. The smallest absolute Gasteiger partial charge is 0.135 e. The van der Waals surface area contributed by atoms with Crippen molar-refractivity contribution < 1.29 is 19.0 Å². The van der Waals surface area contributed by atoms with E-state index in [-0.39, 0.29) is 12.2 Å². The van der Waals surface area contributed by atoms with Gasteiger partial charge in [0.2, 0.25) is 0 Å². The highest BCUT2D eigenvalue weighted by molar-refractivity contribution is 5.83. The van der Waals surface area contributed by atoms with E-state index in [1.54, 1.807) is 21.1 Å². The fraction of sp³-hybridized carbons (Fsp3) is 0.208. The first-order chi connectivity index (χ1) is 13.6. The molecule has 28 heavy (non-hydrogen) atoms. The first-order valence-corrected chi connectivity index (χ1v) is 9.19. The van der Waals surface area contributed by atoms with Gasteiger partial charge in [0.05, 0.1) is 30.8 Å². The van der Waals surface area contributed by atoms with Gasteiger partial charge in [0.15, 0.2) is 0 Å². The van der Waals surface area contributed by atoms with Crippen LogP contribution in [-0.2, 0) is 10.2 Å². The number of hydrogen-bond donors (Lipinski definition) is 0. The average Bonchev–Trinajstić information content (AvgIpc) is 2.72. The van der Waals surface area contributed by atoms with E-state index >= 15 is 0 Å². The van der Waals surface area contributed by atoms with Crippen molar-refractivity contribution in [1.29, 1.82) is 0 Å². The van der Waals surface area contributed by atoms with Crippen LogP contribution in [0.3, 0.4) is 0 Å². The molecule has 3 aromatic carbocycles. The van der Waals surface area contributed by atoms with Crippen molar-refractivity contribution in [2.24, 2.45) is 0 Å². The van der Waals surface area contributed by atoms with Crippen LogP contribution in [0, 0.1) is 0 Å². The molecular formula is C24H22O4. The minimum absolute atomic E-state index is 0.0689. The maximum Gasteiger partial charge on any atom is 0.135 e. The molecule has 0 aliphatic carbocycles. The fourth-order valence-corrected chi connectivity index (χ4v) is 4.28. The number of carbonyl (C=O) groups excluding carboxylic acids is 1. The summed E-state index contributed by atoms with van der Waals surface area (Å²) < 4.78 is 17.7. The minimum Gasteiger partial charge on any atom is -0.496 e. The quantitative estimate of drug-likeness (QED) is 0.622. The van der Waals surface area contributed by atoms with Crippen molar-refractivity contribution in [1.82, 2.24) is 0 Å². The molecule has 1 aliphatic heterocycles. The zero-order valence-corrected chi connectivity index (χ0v) is 16.2. The second kappa shape index (κ2) is 7.04. The Morgan fingerprint density at radius 1 is 0.821 bits per heavy atom. The summed E-state index contributed by atoms with van der Waals surface area (Å²) in [6.07, 6.45) is 0.265. The van der Waals surface area contributed by atoms with Crippen molar-refractivity contribution in [3.63, 3.8) is 0 Å². The molecule has 0 N–H and O–H groups in total. The monoisotopic (exact) mass is 374 g/mol. The Labute approximate surface area is 164 Å². The number of benzene rings is 3. The molecule has 0 saturated carbocycles. The third kappa shape index (κ3) is 2.64. The van der Waals surface area contributed by atoms with Crippen LogP contribution in [0.2, 0.25) is 0 Å². The van der Waals surface area contributed by atoms with Crippen molar-refractivity contribution in [3.05, 3.63) is 83.4 Å². The van der Waals surface area contributed by atoms with Crippen molar-refractivity contribution in [3.8, 4) is 23.0 Å². The van der Waals surface area contributed by atoms with Crippen LogP contribution in [0.5, 0.6) is 23.0 Å². The van der Waals surface area contributed by atoms with Gasteiger partial charge in [-0.1, -0.05) is 42.5 Å². The molecule has 142 valence electrons. The van der Waals surface area contributed by atoms with E-state index in [0.29, 0.717) is 23.0 Å². The molecule has 1 aliphatic rings. The Morgan fingerprint density at radius 3 is 1.82 bits per heavy atom. The second-order valence-corrected chi connectivity index (χ2v) is 6.92. The molecule has 0 atom stereocenters. The van der Waals surface area contributed by atoms with Crippen LogP contribution < -0.4 is 14.2 Å². The number of methoxy groups -OCH3 is 2. The topological polar surface area (TPSA) is 44.8 Å². The van der Waals surface area contributed by atoms with Crippen molar-refractivity contribution in [2.45, 2.75) is 18.8 Å². The van der Waals surface area contributed by atoms with Crippen LogP contribution in [-0.4, -0.2) is 20.0 Å². The van der Waals surface area contributed by atoms with Gasteiger partial charge in [0, 0.05) is 6.42 Å². The summed E-state index contributed by atoms with van der Waals surface area (Å²) in [5.41, 5.74) is 1.90. The molecule has 0 unspecified atom stereocenters. The standard InChI is InChI=1S/C24H22O4/c1-16(25)15-24(17-9-5-4-6-10-17)22-18(26-2)11-7-13-20(22)28-21-14-8-12-19(27-3)23(21)24/h4-14H,15H2,1-3H3. The summed E-state index contributed by atoms with van der Waals surface area (Å²) >= 11 is 0. The molecule has 4 rings (SSSR count). The highest BCUT2D eigenvalue weighted by Gasteiger charge is 2.48. The molecule has 1 heterocycles. The number of fused-ring (bicyclic) bond motifs is 2. The van der Waals surface area contributed by atoms with Gasteiger partial charge in [0.25, 0.3) is 0 Å². The van der Waals surface area contributed by atoms with E-state index in [9.17, 15) is 4.79 Å². The normalized spacial score (nSPS) is 13.7. The lowest BCUT2D eigenvalue weighted by molar-refractivity contribution is -0.117. The van der Waals surface area contributed by atoms with Gasteiger partial charge < -0.3 is 14.2 Å². The Morgan fingerprint density at radius 2 is 1.36 bits per heavy atom. The van der Waals surface area contributed by atoms with E-state index < -0.39 is 5.41 Å². The number of ether oxygens (including phenoxy) is 3. The lowest BCUT2D eigenvalue weighted by atomic mass is 9.64. The van der Waals surface area contributed by atoms with Crippen LogP contribution >= 0.6 is 0 Å². The van der Waals surface area contributed by atoms with E-state index in [4.69, 9.17) is 14.2 Å². The van der Waals surface area contributed by atoms with Gasteiger partial charge in [-0.2, -0.15) is 0 Å². The first-order valence-electron chi connectivity index (χ1n) is 9.19. The molecule has 4 heteroatoms. The lowest BCUT2D eigenvalue weighted by Crippen LogP contribution is -2.35. The molecule has 0 spiro atoms. The average molecular weight is 374 g/mol. The summed E-state index contributed by atoms with van der Waals surface area (Å²) in [7, 11) is 3.27. The van der Waals surface area contributed by atoms with E-state index in [2.05, 4.69) is 0 Å². The fourth-order valence-electron chi connectivity index (χ4n) is 4.28. The Bertz CT molecular complexity index is 971. The van der Waals surface area contributed by atoms with Crippen LogP contribution in [0.1, 0.15) is 30.0 Å². The van der Waals surface area contributed by atoms with E-state index in [0.717, 1.165) is 16.7 Å². The van der Waals surface area contributed by atoms with Gasteiger partial charge in [-0.3, -0.25) is 4.79 Å². The van der Waals surface area contributed by atoms with Crippen LogP contribution in [0.25, 0.3) is 0 Å². The predicted molar refractivity (Wildman–Crippen MR) is 108 cm³/mol. The van der Waals surface area contributed by atoms with E-state index in [1.165, 1.54) is 0 Å². The third-order valence-corrected chi connectivity index (χ3v) is 5.27. The number of rotatable bonds is 5. The van der Waals surface area contributed by atoms with Crippen LogP contribution in [0.4, 0.5) is 0 Å². The number of carbonyl (C=O) groups is 1. The summed E-state index contributed by atoms with van der Waals surface area (Å²) in [5.74, 6) is 2.80.